The first-order valence-corrected chi connectivity index (χ1v) is 6.86. The number of nitrogens with two attached hydrogens (primary N) is 1. The highest BCUT2D eigenvalue weighted by Crippen LogP contribution is 2.25. The van der Waals surface area contributed by atoms with Gasteiger partial charge in [0, 0.05) is 23.3 Å². The summed E-state index contributed by atoms with van der Waals surface area (Å²) in [6, 6.07) is 10.7. The van der Waals surface area contributed by atoms with E-state index in [0.717, 1.165) is 0 Å². The summed E-state index contributed by atoms with van der Waals surface area (Å²) in [6.45, 7) is 1.77. The summed E-state index contributed by atoms with van der Waals surface area (Å²) >= 11 is 5.83. The maximum absolute atomic E-state index is 13.8. The number of nitrogen functional groups attached to an aromatic ring is 1. The summed E-state index contributed by atoms with van der Waals surface area (Å²) in [4.78, 5) is 13.9. The Kier molecular flexibility index (Phi) is 4.48. The Morgan fingerprint density at radius 3 is 2.57 bits per heavy atom. The highest BCUT2D eigenvalue weighted by Gasteiger charge is 2.22. The minimum atomic E-state index is -0.409. The van der Waals surface area contributed by atoms with Crippen molar-refractivity contribution in [1.82, 2.24) is 4.90 Å². The van der Waals surface area contributed by atoms with Crippen LogP contribution in [0.15, 0.2) is 42.5 Å². The molecule has 0 bridgehead atoms. The van der Waals surface area contributed by atoms with Gasteiger partial charge >= 0.3 is 0 Å². The fourth-order valence-electron chi connectivity index (χ4n) is 2.12. The van der Waals surface area contributed by atoms with Gasteiger partial charge in [0.05, 0.1) is 11.6 Å². The van der Waals surface area contributed by atoms with Crippen LogP contribution in [0.5, 0.6) is 0 Å². The lowest BCUT2D eigenvalue weighted by molar-refractivity contribution is 0.0741. The third kappa shape index (κ3) is 3.16. The molecule has 0 radical (unpaired) electrons. The van der Waals surface area contributed by atoms with Crippen molar-refractivity contribution in [3.8, 4) is 0 Å². The average molecular weight is 307 g/mol. The number of amides is 1. The summed E-state index contributed by atoms with van der Waals surface area (Å²) in [5.41, 5.74) is 6.94. The number of carbonyl (C=O) groups excluding carboxylic acids is 1. The summed E-state index contributed by atoms with van der Waals surface area (Å²) in [5.74, 6) is -0.617. The van der Waals surface area contributed by atoms with Gasteiger partial charge in [0.25, 0.3) is 5.91 Å². The highest BCUT2D eigenvalue weighted by molar-refractivity contribution is 6.31. The van der Waals surface area contributed by atoms with Gasteiger partial charge in [-0.3, -0.25) is 4.79 Å². The van der Waals surface area contributed by atoms with Gasteiger partial charge in [-0.25, -0.2) is 4.39 Å². The molecule has 0 aliphatic heterocycles. The van der Waals surface area contributed by atoms with E-state index in [-0.39, 0.29) is 11.7 Å². The zero-order valence-corrected chi connectivity index (χ0v) is 12.6. The second-order valence-corrected chi connectivity index (χ2v) is 5.28. The molecule has 1 unspecified atom stereocenters. The molecule has 21 heavy (non-hydrogen) atoms. The summed E-state index contributed by atoms with van der Waals surface area (Å²) in [7, 11) is 1.62. The monoisotopic (exact) mass is 306 g/mol. The van der Waals surface area contributed by atoms with E-state index in [1.807, 2.05) is 0 Å². The van der Waals surface area contributed by atoms with Crippen molar-refractivity contribution in [3.05, 3.63) is 64.4 Å². The van der Waals surface area contributed by atoms with Gasteiger partial charge in [0.1, 0.15) is 5.82 Å². The number of hydrogen-bond donors (Lipinski definition) is 1. The first kappa shape index (κ1) is 15.3. The van der Waals surface area contributed by atoms with Crippen molar-refractivity contribution < 1.29 is 9.18 Å². The third-order valence-electron chi connectivity index (χ3n) is 3.50. The molecule has 0 fully saturated rings. The molecule has 3 nitrogen and oxygen atoms in total. The van der Waals surface area contributed by atoms with Crippen LogP contribution in [0.4, 0.5) is 10.1 Å². The Labute approximate surface area is 128 Å². The maximum Gasteiger partial charge on any atom is 0.256 e. The maximum atomic E-state index is 13.8. The van der Waals surface area contributed by atoms with Gasteiger partial charge in [-0.1, -0.05) is 29.8 Å². The second kappa shape index (κ2) is 6.14. The van der Waals surface area contributed by atoms with Crippen molar-refractivity contribution in [2.24, 2.45) is 0 Å². The van der Waals surface area contributed by atoms with Gasteiger partial charge in [0.15, 0.2) is 0 Å². The SMILES string of the molecule is CC(c1ccccc1F)N(C)C(=O)c1ccc(Cl)cc1N. The van der Waals surface area contributed by atoms with Crippen LogP contribution in [-0.2, 0) is 0 Å². The van der Waals surface area contributed by atoms with Gasteiger partial charge in [-0.15, -0.1) is 0 Å². The first-order valence-electron chi connectivity index (χ1n) is 6.48. The van der Waals surface area contributed by atoms with E-state index < -0.39 is 6.04 Å². The van der Waals surface area contributed by atoms with Crippen LogP contribution >= 0.6 is 11.6 Å². The van der Waals surface area contributed by atoms with Crippen LogP contribution in [0.3, 0.4) is 0 Å². The molecule has 110 valence electrons. The second-order valence-electron chi connectivity index (χ2n) is 4.85. The van der Waals surface area contributed by atoms with E-state index in [2.05, 4.69) is 0 Å². The smallest absolute Gasteiger partial charge is 0.256 e. The minimum Gasteiger partial charge on any atom is -0.398 e. The Hall–Kier alpha value is -2.07. The van der Waals surface area contributed by atoms with E-state index in [9.17, 15) is 9.18 Å². The van der Waals surface area contributed by atoms with E-state index in [1.165, 1.54) is 17.0 Å². The molecule has 5 heteroatoms. The molecule has 1 amide bonds. The molecular weight excluding hydrogens is 291 g/mol. The molecule has 0 spiro atoms. The molecular formula is C16H16ClFN2O. The molecule has 2 aromatic rings. The van der Waals surface area contributed by atoms with Crippen LogP contribution in [0.2, 0.25) is 5.02 Å². The van der Waals surface area contributed by atoms with Crippen molar-refractivity contribution in [2.45, 2.75) is 13.0 Å². The number of halogens is 2. The largest absolute Gasteiger partial charge is 0.398 e. The summed E-state index contributed by atoms with van der Waals surface area (Å²) in [5, 5.41) is 0.467. The quantitative estimate of drug-likeness (QED) is 0.874. The number of nitrogens with zero attached hydrogens (tertiary/aromatic N) is 1. The van der Waals surface area contributed by atoms with Crippen LogP contribution in [0.25, 0.3) is 0 Å². The first-order chi connectivity index (χ1) is 9.91. The number of hydrogen-bond acceptors (Lipinski definition) is 2. The predicted molar refractivity (Wildman–Crippen MR) is 82.8 cm³/mol. The van der Waals surface area contributed by atoms with E-state index in [1.54, 1.807) is 44.3 Å². The van der Waals surface area contributed by atoms with Crippen molar-refractivity contribution in [3.63, 3.8) is 0 Å². The molecule has 0 aliphatic rings. The Balaban J connectivity index is 2.29. The normalized spacial score (nSPS) is 12.0. The molecule has 0 heterocycles. The van der Waals surface area contributed by atoms with Crippen LogP contribution in [0.1, 0.15) is 28.9 Å². The van der Waals surface area contributed by atoms with Crippen LogP contribution in [-0.4, -0.2) is 17.9 Å². The van der Waals surface area contributed by atoms with Crippen molar-refractivity contribution in [2.75, 3.05) is 12.8 Å². The molecule has 0 aliphatic carbocycles. The zero-order valence-electron chi connectivity index (χ0n) is 11.8. The minimum absolute atomic E-state index is 0.278. The van der Waals surface area contributed by atoms with Gasteiger partial charge in [-0.2, -0.15) is 0 Å². The number of carbonyl (C=O) groups is 1. The van der Waals surface area contributed by atoms with Crippen LogP contribution in [0, 0.1) is 5.82 Å². The molecule has 1 atom stereocenters. The van der Waals surface area contributed by atoms with Crippen molar-refractivity contribution >= 4 is 23.2 Å². The molecule has 0 saturated heterocycles. The van der Waals surface area contributed by atoms with E-state index in [4.69, 9.17) is 17.3 Å². The van der Waals surface area contributed by atoms with Gasteiger partial charge < -0.3 is 10.6 Å². The molecule has 2 aromatic carbocycles. The van der Waals surface area contributed by atoms with E-state index >= 15 is 0 Å². The number of anilines is 1. The fraction of sp³-hybridized carbons (Fsp3) is 0.188. The highest BCUT2D eigenvalue weighted by atomic mass is 35.5. The Morgan fingerprint density at radius 2 is 1.95 bits per heavy atom. The molecule has 0 aromatic heterocycles. The van der Waals surface area contributed by atoms with Crippen LogP contribution < -0.4 is 5.73 Å². The third-order valence-corrected chi connectivity index (χ3v) is 3.74. The fourth-order valence-corrected chi connectivity index (χ4v) is 2.30. The van der Waals surface area contributed by atoms with Crippen molar-refractivity contribution in [1.29, 1.82) is 0 Å². The van der Waals surface area contributed by atoms with Gasteiger partial charge in [0.2, 0.25) is 0 Å². The number of rotatable bonds is 3. The number of benzene rings is 2. The zero-order chi connectivity index (χ0) is 15.6. The lowest BCUT2D eigenvalue weighted by Crippen LogP contribution is -2.30. The van der Waals surface area contributed by atoms with Gasteiger partial charge in [-0.05, 0) is 31.2 Å². The Bertz CT molecular complexity index is 675. The molecule has 2 rings (SSSR count). The molecule has 2 N–H and O–H groups in total. The topological polar surface area (TPSA) is 46.3 Å². The summed E-state index contributed by atoms with van der Waals surface area (Å²) in [6.07, 6.45) is 0. The standard InChI is InChI=1S/C16H16ClFN2O/c1-10(12-5-3-4-6-14(12)18)20(2)16(21)13-8-7-11(17)9-15(13)19/h3-10H,19H2,1-2H3. The lowest BCUT2D eigenvalue weighted by Gasteiger charge is -2.26. The average Bonchev–Trinajstić information content (AvgIpc) is 2.45. The predicted octanol–water partition coefficient (Wildman–Crippen LogP) is 3.89. The molecule has 0 saturated carbocycles. The summed E-state index contributed by atoms with van der Waals surface area (Å²) < 4.78 is 13.8. The lowest BCUT2D eigenvalue weighted by atomic mass is 10.1. The van der Waals surface area contributed by atoms with E-state index in [0.29, 0.717) is 21.8 Å². The Morgan fingerprint density at radius 1 is 1.29 bits per heavy atom.